The molecule has 0 atom stereocenters. The summed E-state index contributed by atoms with van der Waals surface area (Å²) >= 11 is 0. The first-order valence-corrected chi connectivity index (χ1v) is 7.63. The highest BCUT2D eigenvalue weighted by Crippen LogP contribution is 2.25. The van der Waals surface area contributed by atoms with E-state index in [4.69, 9.17) is 0 Å². The molecule has 4 heteroatoms. The van der Waals surface area contributed by atoms with Gasteiger partial charge in [-0.15, -0.1) is 0 Å². The quantitative estimate of drug-likeness (QED) is 0.777. The van der Waals surface area contributed by atoms with Gasteiger partial charge in [-0.25, -0.2) is 0 Å². The van der Waals surface area contributed by atoms with Crippen molar-refractivity contribution in [3.05, 3.63) is 23.0 Å². The van der Waals surface area contributed by atoms with Crippen LogP contribution in [0.5, 0.6) is 0 Å². The van der Waals surface area contributed by atoms with Crippen LogP contribution in [0, 0.1) is 13.8 Å². The van der Waals surface area contributed by atoms with Gasteiger partial charge in [-0.3, -0.25) is 9.69 Å². The second kappa shape index (κ2) is 6.55. The maximum Gasteiger partial charge on any atom is 0.178 e. The van der Waals surface area contributed by atoms with Crippen molar-refractivity contribution >= 4 is 5.78 Å². The molecule has 0 radical (unpaired) electrons. The monoisotopic (exact) mass is 278 g/mol. The van der Waals surface area contributed by atoms with Crippen LogP contribution in [0.4, 0.5) is 0 Å². The molecule has 1 saturated carbocycles. The van der Waals surface area contributed by atoms with Crippen LogP contribution >= 0.6 is 0 Å². The molecular weight excluding hydrogens is 252 g/mol. The standard InChI is InChI=1S/C16H26N2O2/c1-4-18-12(2)10-15(13(18)3)16(20)11-17(8-9-19)14-6-5-7-14/h10,14,19H,4-9,11H2,1-3H3. The molecule has 1 aromatic rings. The summed E-state index contributed by atoms with van der Waals surface area (Å²) in [6.07, 6.45) is 3.55. The summed E-state index contributed by atoms with van der Waals surface area (Å²) in [6.45, 7) is 8.21. The van der Waals surface area contributed by atoms with E-state index >= 15 is 0 Å². The van der Waals surface area contributed by atoms with Crippen molar-refractivity contribution in [2.24, 2.45) is 0 Å². The van der Waals surface area contributed by atoms with Crippen LogP contribution in [0.3, 0.4) is 0 Å². The largest absolute Gasteiger partial charge is 0.395 e. The van der Waals surface area contributed by atoms with Crippen molar-refractivity contribution in [2.45, 2.75) is 52.6 Å². The van der Waals surface area contributed by atoms with Gasteiger partial charge in [0, 0.05) is 36.1 Å². The first-order valence-electron chi connectivity index (χ1n) is 7.63. The Hall–Kier alpha value is -1.13. The lowest BCUT2D eigenvalue weighted by Gasteiger charge is -2.36. The highest BCUT2D eigenvalue weighted by atomic mass is 16.3. The smallest absolute Gasteiger partial charge is 0.178 e. The molecule has 1 N–H and O–H groups in total. The minimum absolute atomic E-state index is 0.123. The Morgan fingerprint density at radius 1 is 1.45 bits per heavy atom. The van der Waals surface area contributed by atoms with Crippen LogP contribution < -0.4 is 0 Å². The third-order valence-corrected chi connectivity index (χ3v) is 4.52. The molecule has 0 bridgehead atoms. The summed E-state index contributed by atoms with van der Waals surface area (Å²) in [5, 5.41) is 9.17. The van der Waals surface area contributed by atoms with E-state index in [0.717, 1.165) is 36.3 Å². The van der Waals surface area contributed by atoms with Crippen LogP contribution in [0.2, 0.25) is 0 Å². The molecular formula is C16H26N2O2. The molecule has 4 nitrogen and oxygen atoms in total. The number of rotatable bonds is 7. The molecule has 0 unspecified atom stereocenters. The minimum Gasteiger partial charge on any atom is -0.395 e. The number of ketones is 1. The van der Waals surface area contributed by atoms with Crippen molar-refractivity contribution in [3.63, 3.8) is 0 Å². The Labute approximate surface area is 121 Å². The van der Waals surface area contributed by atoms with Crippen molar-refractivity contribution in [1.29, 1.82) is 0 Å². The van der Waals surface area contributed by atoms with E-state index in [1.54, 1.807) is 0 Å². The predicted molar refractivity (Wildman–Crippen MR) is 80.2 cm³/mol. The molecule has 1 fully saturated rings. The molecule has 20 heavy (non-hydrogen) atoms. The van der Waals surface area contributed by atoms with E-state index < -0.39 is 0 Å². The van der Waals surface area contributed by atoms with E-state index in [1.807, 2.05) is 19.9 Å². The number of aliphatic hydroxyl groups is 1. The van der Waals surface area contributed by atoms with E-state index in [9.17, 15) is 9.90 Å². The van der Waals surface area contributed by atoms with Gasteiger partial charge in [0.2, 0.25) is 0 Å². The van der Waals surface area contributed by atoms with Crippen LogP contribution in [0.1, 0.15) is 47.9 Å². The van der Waals surface area contributed by atoms with Crippen molar-refractivity contribution < 1.29 is 9.90 Å². The number of carbonyl (C=O) groups is 1. The van der Waals surface area contributed by atoms with Gasteiger partial charge in [0.1, 0.15) is 0 Å². The summed E-state index contributed by atoms with van der Waals surface area (Å²) in [5.74, 6) is 0.179. The Morgan fingerprint density at radius 3 is 2.60 bits per heavy atom. The van der Waals surface area contributed by atoms with E-state index in [-0.39, 0.29) is 12.4 Å². The molecule has 1 aliphatic carbocycles. The fraction of sp³-hybridized carbons (Fsp3) is 0.688. The van der Waals surface area contributed by atoms with Gasteiger partial charge in [-0.05, 0) is 39.7 Å². The number of aryl methyl sites for hydroxylation is 1. The topological polar surface area (TPSA) is 45.5 Å². The van der Waals surface area contributed by atoms with Gasteiger partial charge in [0.15, 0.2) is 5.78 Å². The fourth-order valence-corrected chi connectivity index (χ4v) is 3.11. The molecule has 0 aliphatic heterocycles. The average Bonchev–Trinajstić information content (AvgIpc) is 2.62. The third-order valence-electron chi connectivity index (χ3n) is 4.52. The van der Waals surface area contributed by atoms with Gasteiger partial charge >= 0.3 is 0 Å². The second-order valence-electron chi connectivity index (χ2n) is 5.73. The summed E-state index contributed by atoms with van der Waals surface area (Å²) in [4.78, 5) is 14.7. The lowest BCUT2D eigenvalue weighted by molar-refractivity contribution is 0.0746. The van der Waals surface area contributed by atoms with Crippen LogP contribution in [0.15, 0.2) is 6.07 Å². The molecule has 2 rings (SSSR count). The molecule has 1 aromatic heterocycles. The Morgan fingerprint density at radius 2 is 2.15 bits per heavy atom. The van der Waals surface area contributed by atoms with Gasteiger partial charge < -0.3 is 9.67 Å². The normalized spacial score (nSPS) is 15.7. The average molecular weight is 278 g/mol. The van der Waals surface area contributed by atoms with E-state index in [0.29, 0.717) is 19.1 Å². The Balaban J connectivity index is 2.10. The first kappa shape index (κ1) is 15.3. The summed E-state index contributed by atoms with van der Waals surface area (Å²) in [5.41, 5.74) is 3.05. The zero-order chi connectivity index (χ0) is 14.7. The zero-order valence-electron chi connectivity index (χ0n) is 12.9. The lowest BCUT2D eigenvalue weighted by atomic mass is 9.91. The molecule has 0 aromatic carbocycles. The van der Waals surface area contributed by atoms with Crippen LogP contribution in [-0.2, 0) is 6.54 Å². The Bertz CT molecular complexity index is 475. The van der Waals surface area contributed by atoms with Crippen LogP contribution in [0.25, 0.3) is 0 Å². The number of hydrogen-bond acceptors (Lipinski definition) is 3. The van der Waals surface area contributed by atoms with Crippen molar-refractivity contribution in [1.82, 2.24) is 9.47 Å². The van der Waals surface area contributed by atoms with E-state index in [2.05, 4.69) is 16.4 Å². The van der Waals surface area contributed by atoms with Crippen molar-refractivity contribution in [3.8, 4) is 0 Å². The molecule has 112 valence electrons. The molecule has 0 saturated heterocycles. The van der Waals surface area contributed by atoms with Gasteiger partial charge in [0.25, 0.3) is 0 Å². The highest BCUT2D eigenvalue weighted by Gasteiger charge is 2.27. The van der Waals surface area contributed by atoms with E-state index in [1.165, 1.54) is 6.42 Å². The maximum absolute atomic E-state index is 12.5. The highest BCUT2D eigenvalue weighted by molar-refractivity contribution is 5.99. The summed E-state index contributed by atoms with van der Waals surface area (Å²) in [6, 6.07) is 2.49. The predicted octanol–water partition coefficient (Wildman–Crippen LogP) is 2.15. The lowest BCUT2D eigenvalue weighted by Crippen LogP contribution is -2.44. The number of Topliss-reactive ketones (excluding diaryl/α,β-unsaturated/α-hetero) is 1. The maximum atomic E-state index is 12.5. The van der Waals surface area contributed by atoms with Gasteiger partial charge in [0.05, 0.1) is 13.2 Å². The number of nitrogens with zero attached hydrogens (tertiary/aromatic N) is 2. The fourth-order valence-electron chi connectivity index (χ4n) is 3.11. The zero-order valence-corrected chi connectivity index (χ0v) is 12.9. The summed E-state index contributed by atoms with van der Waals surface area (Å²) in [7, 11) is 0. The number of aromatic nitrogens is 1. The second-order valence-corrected chi connectivity index (χ2v) is 5.73. The first-order chi connectivity index (χ1) is 9.58. The van der Waals surface area contributed by atoms with Gasteiger partial charge in [-0.1, -0.05) is 6.42 Å². The summed E-state index contributed by atoms with van der Waals surface area (Å²) < 4.78 is 2.17. The minimum atomic E-state index is 0.123. The number of hydrogen-bond donors (Lipinski definition) is 1. The molecule has 0 spiro atoms. The molecule has 0 amide bonds. The van der Waals surface area contributed by atoms with Crippen molar-refractivity contribution in [2.75, 3.05) is 19.7 Å². The SMILES string of the molecule is CCn1c(C)cc(C(=O)CN(CCO)C2CCC2)c1C. The van der Waals surface area contributed by atoms with Gasteiger partial charge in [-0.2, -0.15) is 0 Å². The molecule has 1 heterocycles. The number of aliphatic hydroxyl groups excluding tert-OH is 1. The Kier molecular flexibility index (Phi) is 5.00. The number of carbonyl (C=O) groups excluding carboxylic acids is 1. The molecule has 1 aliphatic rings. The van der Waals surface area contributed by atoms with Crippen LogP contribution in [-0.4, -0.2) is 46.1 Å². The third kappa shape index (κ3) is 2.96.